The Morgan fingerprint density at radius 3 is 2.67 bits per heavy atom. The molecule has 0 spiro atoms. The summed E-state index contributed by atoms with van der Waals surface area (Å²) in [5.74, 6) is 0.278. The Morgan fingerprint density at radius 1 is 1.20 bits per heavy atom. The van der Waals surface area contributed by atoms with Crippen molar-refractivity contribution in [3.05, 3.63) is 46.7 Å². The molecule has 0 amide bonds. The van der Waals surface area contributed by atoms with Gasteiger partial charge in [0, 0.05) is 27.5 Å². The molecule has 0 unspecified atom stereocenters. The lowest BCUT2D eigenvalue weighted by molar-refractivity contribution is 0.477. The molecule has 0 saturated heterocycles. The number of hydrogen-bond acceptors (Lipinski definition) is 2. The molecule has 2 aromatic rings. The van der Waals surface area contributed by atoms with Gasteiger partial charge in [0.2, 0.25) is 0 Å². The van der Waals surface area contributed by atoms with Gasteiger partial charge in [-0.15, -0.1) is 0 Å². The Labute approximate surface area is 96.7 Å². The highest BCUT2D eigenvalue weighted by Crippen LogP contribution is 2.31. The largest absolute Gasteiger partial charge is 0.507 e. The fourth-order valence-corrected chi connectivity index (χ4v) is 1.81. The Balaban J connectivity index is 2.64. The van der Waals surface area contributed by atoms with E-state index < -0.39 is 0 Å². The van der Waals surface area contributed by atoms with E-state index in [4.69, 9.17) is 0 Å². The van der Waals surface area contributed by atoms with Gasteiger partial charge in [0.1, 0.15) is 5.75 Å². The van der Waals surface area contributed by atoms with Crippen LogP contribution in [0, 0.1) is 6.92 Å². The Bertz CT molecular complexity index is 497. The fourth-order valence-electron chi connectivity index (χ4n) is 1.48. The van der Waals surface area contributed by atoms with Crippen molar-refractivity contribution < 1.29 is 5.11 Å². The van der Waals surface area contributed by atoms with Crippen molar-refractivity contribution in [1.29, 1.82) is 0 Å². The predicted octanol–water partition coefficient (Wildman–Crippen LogP) is 3.53. The summed E-state index contributed by atoms with van der Waals surface area (Å²) in [4.78, 5) is 4.24. The SMILES string of the molecule is Cc1ncc(Br)cc1-c1ccccc1O. The van der Waals surface area contributed by atoms with Crippen LogP contribution in [0.3, 0.4) is 0 Å². The molecule has 0 fully saturated rings. The van der Waals surface area contributed by atoms with Crippen molar-refractivity contribution in [3.63, 3.8) is 0 Å². The maximum absolute atomic E-state index is 9.74. The molecule has 0 saturated carbocycles. The second-order valence-electron chi connectivity index (χ2n) is 3.30. The molecule has 0 aliphatic heterocycles. The minimum atomic E-state index is 0.278. The maximum Gasteiger partial charge on any atom is 0.123 e. The second kappa shape index (κ2) is 4.03. The summed E-state index contributed by atoms with van der Waals surface area (Å²) in [5, 5.41) is 9.74. The molecule has 0 radical (unpaired) electrons. The summed E-state index contributed by atoms with van der Waals surface area (Å²) in [6.45, 7) is 1.92. The summed E-state index contributed by atoms with van der Waals surface area (Å²) < 4.78 is 0.909. The zero-order valence-electron chi connectivity index (χ0n) is 8.24. The van der Waals surface area contributed by atoms with E-state index in [0.717, 1.165) is 21.3 Å². The number of halogens is 1. The quantitative estimate of drug-likeness (QED) is 0.854. The number of aromatic nitrogens is 1. The number of aromatic hydroxyl groups is 1. The molecule has 76 valence electrons. The molecule has 0 aliphatic carbocycles. The van der Waals surface area contributed by atoms with E-state index in [0.29, 0.717) is 0 Å². The van der Waals surface area contributed by atoms with E-state index in [2.05, 4.69) is 20.9 Å². The normalized spacial score (nSPS) is 10.3. The van der Waals surface area contributed by atoms with Gasteiger partial charge in [-0.3, -0.25) is 4.98 Å². The number of phenols is 1. The monoisotopic (exact) mass is 263 g/mol. The van der Waals surface area contributed by atoms with Crippen molar-refractivity contribution in [2.45, 2.75) is 6.92 Å². The van der Waals surface area contributed by atoms with Crippen molar-refractivity contribution >= 4 is 15.9 Å². The molecule has 2 rings (SSSR count). The number of pyridine rings is 1. The molecular formula is C12H10BrNO. The molecule has 1 aromatic heterocycles. The first-order chi connectivity index (χ1) is 7.18. The third-order valence-electron chi connectivity index (χ3n) is 2.25. The third-order valence-corrected chi connectivity index (χ3v) is 2.68. The molecule has 0 atom stereocenters. The highest BCUT2D eigenvalue weighted by Gasteiger charge is 2.07. The Morgan fingerprint density at radius 2 is 1.93 bits per heavy atom. The topological polar surface area (TPSA) is 33.1 Å². The van der Waals surface area contributed by atoms with Gasteiger partial charge in [0.15, 0.2) is 0 Å². The van der Waals surface area contributed by atoms with Gasteiger partial charge in [-0.2, -0.15) is 0 Å². The van der Waals surface area contributed by atoms with E-state index in [1.165, 1.54) is 0 Å². The molecular weight excluding hydrogens is 254 g/mol. The van der Waals surface area contributed by atoms with Gasteiger partial charge in [0.25, 0.3) is 0 Å². The van der Waals surface area contributed by atoms with Crippen LogP contribution in [0.15, 0.2) is 41.0 Å². The van der Waals surface area contributed by atoms with Crippen LogP contribution in [0.1, 0.15) is 5.69 Å². The molecule has 0 bridgehead atoms. The van der Waals surface area contributed by atoms with Gasteiger partial charge in [-0.05, 0) is 35.0 Å². The number of hydrogen-bond donors (Lipinski definition) is 1. The number of aryl methyl sites for hydroxylation is 1. The van der Waals surface area contributed by atoms with Gasteiger partial charge >= 0.3 is 0 Å². The zero-order chi connectivity index (χ0) is 10.8. The predicted molar refractivity (Wildman–Crippen MR) is 63.8 cm³/mol. The van der Waals surface area contributed by atoms with Gasteiger partial charge < -0.3 is 5.11 Å². The number of phenolic OH excluding ortho intramolecular Hbond substituents is 1. The lowest BCUT2D eigenvalue weighted by Gasteiger charge is -2.07. The van der Waals surface area contributed by atoms with Crippen LogP contribution in [0.2, 0.25) is 0 Å². The van der Waals surface area contributed by atoms with E-state index in [1.807, 2.05) is 25.1 Å². The summed E-state index contributed by atoms with van der Waals surface area (Å²) in [7, 11) is 0. The summed E-state index contributed by atoms with van der Waals surface area (Å²) in [6, 6.07) is 9.22. The fraction of sp³-hybridized carbons (Fsp3) is 0.0833. The summed E-state index contributed by atoms with van der Waals surface area (Å²) in [5.41, 5.74) is 2.66. The highest BCUT2D eigenvalue weighted by molar-refractivity contribution is 9.10. The lowest BCUT2D eigenvalue weighted by atomic mass is 10.0. The minimum absolute atomic E-state index is 0.278. The van der Waals surface area contributed by atoms with Crippen molar-refractivity contribution in [2.24, 2.45) is 0 Å². The van der Waals surface area contributed by atoms with Crippen LogP contribution in [0.25, 0.3) is 11.1 Å². The van der Waals surface area contributed by atoms with Gasteiger partial charge in [-0.25, -0.2) is 0 Å². The van der Waals surface area contributed by atoms with Crippen molar-refractivity contribution in [1.82, 2.24) is 4.98 Å². The van der Waals surface area contributed by atoms with Crippen LogP contribution in [0.4, 0.5) is 0 Å². The van der Waals surface area contributed by atoms with Gasteiger partial charge in [0.05, 0.1) is 0 Å². The molecule has 0 aliphatic rings. The zero-order valence-corrected chi connectivity index (χ0v) is 9.82. The second-order valence-corrected chi connectivity index (χ2v) is 4.22. The maximum atomic E-state index is 9.74. The first-order valence-electron chi connectivity index (χ1n) is 4.59. The lowest BCUT2D eigenvalue weighted by Crippen LogP contribution is -1.87. The average Bonchev–Trinajstić information content (AvgIpc) is 2.23. The van der Waals surface area contributed by atoms with Crippen LogP contribution < -0.4 is 0 Å². The molecule has 1 aromatic carbocycles. The number of para-hydroxylation sites is 1. The Hall–Kier alpha value is -1.35. The van der Waals surface area contributed by atoms with Crippen LogP contribution in [-0.2, 0) is 0 Å². The average molecular weight is 264 g/mol. The first kappa shape index (κ1) is 10.2. The minimum Gasteiger partial charge on any atom is -0.507 e. The Kier molecular flexibility index (Phi) is 2.73. The molecule has 1 heterocycles. The van der Waals surface area contributed by atoms with Crippen LogP contribution in [0.5, 0.6) is 5.75 Å². The van der Waals surface area contributed by atoms with E-state index in [9.17, 15) is 5.11 Å². The first-order valence-corrected chi connectivity index (χ1v) is 5.38. The van der Waals surface area contributed by atoms with Crippen molar-refractivity contribution in [2.75, 3.05) is 0 Å². The van der Waals surface area contributed by atoms with Gasteiger partial charge in [-0.1, -0.05) is 18.2 Å². The molecule has 15 heavy (non-hydrogen) atoms. The van der Waals surface area contributed by atoms with E-state index in [1.54, 1.807) is 18.3 Å². The number of benzene rings is 1. The van der Waals surface area contributed by atoms with Crippen LogP contribution >= 0.6 is 15.9 Å². The smallest absolute Gasteiger partial charge is 0.123 e. The summed E-state index contributed by atoms with van der Waals surface area (Å²) in [6.07, 6.45) is 1.75. The number of nitrogens with zero attached hydrogens (tertiary/aromatic N) is 1. The summed E-state index contributed by atoms with van der Waals surface area (Å²) >= 11 is 3.37. The highest BCUT2D eigenvalue weighted by atomic mass is 79.9. The third kappa shape index (κ3) is 2.02. The standard InChI is InChI=1S/C12H10BrNO/c1-8-11(6-9(13)7-14-8)10-4-2-3-5-12(10)15/h2-7,15H,1H3. The van der Waals surface area contributed by atoms with E-state index in [-0.39, 0.29) is 5.75 Å². The molecule has 2 nitrogen and oxygen atoms in total. The number of rotatable bonds is 1. The van der Waals surface area contributed by atoms with Crippen LogP contribution in [-0.4, -0.2) is 10.1 Å². The van der Waals surface area contributed by atoms with E-state index >= 15 is 0 Å². The molecule has 1 N–H and O–H groups in total. The van der Waals surface area contributed by atoms with Crippen molar-refractivity contribution in [3.8, 4) is 16.9 Å². The molecule has 3 heteroatoms.